The van der Waals surface area contributed by atoms with E-state index in [0.717, 1.165) is 31.2 Å². The van der Waals surface area contributed by atoms with Gasteiger partial charge in [0, 0.05) is 34.5 Å². The number of aryl methyl sites for hydroxylation is 2. The molecule has 132 valence electrons. The first kappa shape index (κ1) is 16.8. The Kier molecular flexibility index (Phi) is 4.24. The number of hydrogen-bond donors (Lipinski definition) is 1. The SMILES string of the molecule is O=C([O-])Cc1c(C(=O)c2cc3c(cn2)CCCC3)[nH]c2cc(Cl)ccc12. The Morgan fingerprint density at radius 1 is 1.15 bits per heavy atom. The number of halogens is 1. The van der Waals surface area contributed by atoms with Gasteiger partial charge in [-0.05, 0) is 60.6 Å². The van der Waals surface area contributed by atoms with Crippen molar-refractivity contribution in [3.8, 4) is 0 Å². The fourth-order valence-electron chi connectivity index (χ4n) is 3.62. The molecule has 1 aromatic carbocycles. The maximum Gasteiger partial charge on any atom is 0.227 e. The van der Waals surface area contributed by atoms with Crippen molar-refractivity contribution in [3.63, 3.8) is 0 Å². The molecule has 1 aliphatic rings. The molecule has 2 aromatic heterocycles. The molecule has 0 unspecified atom stereocenters. The fourth-order valence-corrected chi connectivity index (χ4v) is 3.79. The highest BCUT2D eigenvalue weighted by Crippen LogP contribution is 2.28. The molecule has 1 aliphatic carbocycles. The summed E-state index contributed by atoms with van der Waals surface area (Å²) in [5.41, 5.74) is 3.91. The first-order valence-corrected chi connectivity index (χ1v) is 8.93. The quantitative estimate of drug-likeness (QED) is 0.718. The molecule has 0 aliphatic heterocycles. The van der Waals surface area contributed by atoms with Gasteiger partial charge in [0.2, 0.25) is 5.78 Å². The van der Waals surface area contributed by atoms with E-state index >= 15 is 0 Å². The van der Waals surface area contributed by atoms with E-state index in [-0.39, 0.29) is 17.9 Å². The number of nitrogens with zero attached hydrogens (tertiary/aromatic N) is 1. The van der Waals surface area contributed by atoms with Crippen LogP contribution in [0.4, 0.5) is 0 Å². The molecule has 0 saturated carbocycles. The summed E-state index contributed by atoms with van der Waals surface area (Å²) in [6, 6.07) is 6.89. The Balaban J connectivity index is 1.82. The number of carbonyl (C=O) groups excluding carboxylic acids is 2. The maximum absolute atomic E-state index is 13.0. The third-order valence-corrected chi connectivity index (χ3v) is 5.11. The number of pyridine rings is 1. The topological polar surface area (TPSA) is 85.9 Å². The summed E-state index contributed by atoms with van der Waals surface area (Å²) in [5.74, 6) is -1.56. The Hall–Kier alpha value is -2.66. The van der Waals surface area contributed by atoms with Crippen LogP contribution < -0.4 is 5.11 Å². The number of H-pyrrole nitrogens is 1. The Labute approximate surface area is 155 Å². The molecule has 0 atom stereocenters. The highest BCUT2D eigenvalue weighted by Gasteiger charge is 2.22. The van der Waals surface area contributed by atoms with E-state index in [4.69, 9.17) is 11.6 Å². The number of hydrogen-bond acceptors (Lipinski definition) is 4. The molecule has 0 saturated heterocycles. The zero-order valence-electron chi connectivity index (χ0n) is 14.0. The molecule has 0 radical (unpaired) electrons. The van der Waals surface area contributed by atoms with E-state index in [1.165, 1.54) is 5.56 Å². The summed E-state index contributed by atoms with van der Waals surface area (Å²) < 4.78 is 0. The van der Waals surface area contributed by atoms with Crippen LogP contribution in [0.5, 0.6) is 0 Å². The number of nitrogens with one attached hydrogen (secondary N) is 1. The first-order valence-electron chi connectivity index (χ1n) is 8.55. The predicted molar refractivity (Wildman–Crippen MR) is 96.3 cm³/mol. The summed E-state index contributed by atoms with van der Waals surface area (Å²) in [6.07, 6.45) is 5.57. The number of aliphatic carboxylic acids is 1. The van der Waals surface area contributed by atoms with Gasteiger partial charge < -0.3 is 14.9 Å². The average Bonchev–Trinajstić information content (AvgIpc) is 2.97. The van der Waals surface area contributed by atoms with Gasteiger partial charge in [-0.3, -0.25) is 9.78 Å². The monoisotopic (exact) mass is 367 g/mol. The summed E-state index contributed by atoms with van der Waals surface area (Å²) in [6.45, 7) is 0. The first-order chi connectivity index (χ1) is 12.5. The van der Waals surface area contributed by atoms with E-state index < -0.39 is 5.97 Å². The number of rotatable bonds is 4. The minimum absolute atomic E-state index is 0.231. The number of carbonyl (C=O) groups is 2. The number of carboxylic acid groups (broad SMARTS) is 1. The van der Waals surface area contributed by atoms with Crippen LogP contribution in [0, 0.1) is 0 Å². The van der Waals surface area contributed by atoms with Crippen LogP contribution in [-0.4, -0.2) is 21.7 Å². The second-order valence-electron chi connectivity index (χ2n) is 6.59. The van der Waals surface area contributed by atoms with Crippen molar-refractivity contribution in [2.45, 2.75) is 32.1 Å². The van der Waals surface area contributed by atoms with Crippen LogP contribution in [0.1, 0.15) is 45.7 Å². The van der Waals surface area contributed by atoms with E-state index in [0.29, 0.717) is 27.2 Å². The van der Waals surface area contributed by atoms with Crippen molar-refractivity contribution >= 4 is 34.3 Å². The lowest BCUT2D eigenvalue weighted by Gasteiger charge is -2.15. The molecule has 4 rings (SSSR count). The number of ketones is 1. The van der Waals surface area contributed by atoms with Crippen molar-refractivity contribution in [2.75, 3.05) is 0 Å². The van der Waals surface area contributed by atoms with Gasteiger partial charge in [0.15, 0.2) is 0 Å². The molecular weight excluding hydrogens is 352 g/mol. The van der Waals surface area contributed by atoms with Gasteiger partial charge in [-0.25, -0.2) is 0 Å². The average molecular weight is 368 g/mol. The summed E-state index contributed by atoms with van der Waals surface area (Å²) in [4.78, 5) is 31.6. The van der Waals surface area contributed by atoms with E-state index in [1.54, 1.807) is 24.4 Å². The lowest BCUT2D eigenvalue weighted by Crippen LogP contribution is -2.25. The molecule has 3 aromatic rings. The second kappa shape index (κ2) is 6.57. The summed E-state index contributed by atoms with van der Waals surface area (Å²) >= 11 is 6.02. The lowest BCUT2D eigenvalue weighted by atomic mass is 9.92. The number of aromatic amines is 1. The second-order valence-corrected chi connectivity index (χ2v) is 7.03. The minimum Gasteiger partial charge on any atom is -0.550 e. The molecule has 0 fully saturated rings. The standard InChI is InChI=1S/C20H17ClN2O3/c21-13-5-6-14-15(9-18(24)25)19(23-16(14)8-13)20(26)17-7-11-3-1-2-4-12(11)10-22-17/h5-8,10,23H,1-4,9H2,(H,24,25)/p-1. The maximum atomic E-state index is 13.0. The predicted octanol–water partition coefficient (Wildman–Crippen LogP) is 2.62. The van der Waals surface area contributed by atoms with Crippen LogP contribution in [0.3, 0.4) is 0 Å². The molecule has 1 N–H and O–H groups in total. The molecule has 6 heteroatoms. The fraction of sp³-hybridized carbons (Fsp3) is 0.250. The number of carboxylic acids is 1. The van der Waals surface area contributed by atoms with Crippen LogP contribution in [-0.2, 0) is 24.1 Å². The third kappa shape index (κ3) is 2.99. The largest absolute Gasteiger partial charge is 0.550 e. The number of benzene rings is 1. The molecular formula is C20H16ClN2O3-. The molecule has 0 amide bonds. The molecule has 26 heavy (non-hydrogen) atoms. The van der Waals surface area contributed by atoms with Gasteiger partial charge in [-0.15, -0.1) is 0 Å². The Bertz CT molecular complexity index is 1040. The van der Waals surface area contributed by atoms with Crippen molar-refractivity contribution in [1.82, 2.24) is 9.97 Å². The lowest BCUT2D eigenvalue weighted by molar-refractivity contribution is -0.304. The van der Waals surface area contributed by atoms with Crippen molar-refractivity contribution in [1.29, 1.82) is 0 Å². The van der Waals surface area contributed by atoms with Gasteiger partial charge in [0.05, 0.1) is 5.69 Å². The number of fused-ring (bicyclic) bond motifs is 2. The van der Waals surface area contributed by atoms with Crippen LogP contribution in [0.15, 0.2) is 30.5 Å². The highest BCUT2D eigenvalue weighted by atomic mass is 35.5. The van der Waals surface area contributed by atoms with Crippen molar-refractivity contribution in [2.24, 2.45) is 0 Å². The van der Waals surface area contributed by atoms with Gasteiger partial charge in [-0.1, -0.05) is 17.7 Å². The van der Waals surface area contributed by atoms with Crippen LogP contribution in [0.2, 0.25) is 5.02 Å². The summed E-state index contributed by atoms with van der Waals surface area (Å²) in [5, 5.41) is 12.4. The van der Waals surface area contributed by atoms with Gasteiger partial charge in [0.1, 0.15) is 5.69 Å². The van der Waals surface area contributed by atoms with Gasteiger partial charge in [0.25, 0.3) is 0 Å². The molecule has 2 heterocycles. The van der Waals surface area contributed by atoms with Crippen molar-refractivity contribution < 1.29 is 14.7 Å². The molecule has 0 spiro atoms. The normalized spacial score (nSPS) is 13.6. The Morgan fingerprint density at radius 2 is 1.92 bits per heavy atom. The Morgan fingerprint density at radius 3 is 2.69 bits per heavy atom. The highest BCUT2D eigenvalue weighted by molar-refractivity contribution is 6.31. The van der Waals surface area contributed by atoms with Crippen molar-refractivity contribution in [3.05, 3.63) is 63.6 Å². The van der Waals surface area contributed by atoms with Crippen LogP contribution in [0.25, 0.3) is 10.9 Å². The smallest absolute Gasteiger partial charge is 0.227 e. The molecule has 0 bridgehead atoms. The van der Waals surface area contributed by atoms with Crippen LogP contribution >= 0.6 is 11.6 Å². The third-order valence-electron chi connectivity index (χ3n) is 4.87. The van der Waals surface area contributed by atoms with E-state index in [9.17, 15) is 14.7 Å². The van der Waals surface area contributed by atoms with Gasteiger partial charge in [-0.2, -0.15) is 0 Å². The zero-order valence-corrected chi connectivity index (χ0v) is 14.7. The van der Waals surface area contributed by atoms with Gasteiger partial charge >= 0.3 is 0 Å². The zero-order chi connectivity index (χ0) is 18.3. The minimum atomic E-state index is -1.24. The van der Waals surface area contributed by atoms with E-state index in [1.807, 2.05) is 6.07 Å². The summed E-state index contributed by atoms with van der Waals surface area (Å²) in [7, 11) is 0. The van der Waals surface area contributed by atoms with E-state index in [2.05, 4.69) is 9.97 Å². The number of aromatic nitrogens is 2. The molecule has 5 nitrogen and oxygen atoms in total.